The van der Waals surface area contributed by atoms with Crippen LogP contribution in [0.1, 0.15) is 13.8 Å². The van der Waals surface area contributed by atoms with E-state index in [9.17, 15) is 18.4 Å². The van der Waals surface area contributed by atoms with Crippen LogP contribution in [0.15, 0.2) is 18.2 Å². The van der Waals surface area contributed by atoms with Crippen LogP contribution >= 0.6 is 0 Å². The number of halogens is 2. The number of esters is 1. The molecule has 4 nitrogen and oxygen atoms in total. The van der Waals surface area contributed by atoms with Crippen LogP contribution in [0.4, 0.5) is 8.78 Å². The summed E-state index contributed by atoms with van der Waals surface area (Å²) >= 11 is 0. The van der Waals surface area contributed by atoms with Crippen LogP contribution in [0, 0.1) is 17.0 Å². The van der Waals surface area contributed by atoms with Crippen molar-refractivity contribution < 1.29 is 27.8 Å². The summed E-state index contributed by atoms with van der Waals surface area (Å²) in [5.41, 5.74) is -1.43. The molecule has 0 amide bonds. The van der Waals surface area contributed by atoms with Crippen molar-refractivity contribution in [2.24, 2.45) is 5.41 Å². The SMILES string of the molecule is COC(=O)C(C)(C)C(=O)COc1c(F)cccc1F. The first kappa shape index (κ1) is 15.1. The Labute approximate surface area is 109 Å². The predicted octanol–water partition coefficient (Wildman–Crippen LogP) is 2.11. The highest BCUT2D eigenvalue weighted by atomic mass is 19.1. The Bertz CT molecular complexity index is 477. The first-order valence-corrected chi connectivity index (χ1v) is 5.49. The zero-order valence-electron chi connectivity index (χ0n) is 10.8. The first-order valence-electron chi connectivity index (χ1n) is 5.49. The van der Waals surface area contributed by atoms with Crippen molar-refractivity contribution in [1.29, 1.82) is 0 Å². The van der Waals surface area contributed by atoms with Crippen LogP contribution in [-0.4, -0.2) is 25.5 Å². The summed E-state index contributed by atoms with van der Waals surface area (Å²) < 4.78 is 35.8. The second kappa shape index (κ2) is 5.77. The molecule has 0 N–H and O–H groups in total. The lowest BCUT2D eigenvalue weighted by Gasteiger charge is -2.20. The van der Waals surface area contributed by atoms with Crippen molar-refractivity contribution in [2.75, 3.05) is 13.7 Å². The molecule has 0 spiro atoms. The summed E-state index contributed by atoms with van der Waals surface area (Å²) in [6.07, 6.45) is 0. The van der Waals surface area contributed by atoms with Gasteiger partial charge in [0.1, 0.15) is 12.0 Å². The molecule has 0 bridgehead atoms. The molecular formula is C13H14F2O4. The molecule has 0 unspecified atom stereocenters. The average molecular weight is 272 g/mol. The van der Waals surface area contributed by atoms with Gasteiger partial charge in [0.05, 0.1) is 7.11 Å². The van der Waals surface area contributed by atoms with Gasteiger partial charge in [-0.3, -0.25) is 9.59 Å². The summed E-state index contributed by atoms with van der Waals surface area (Å²) in [5, 5.41) is 0. The van der Waals surface area contributed by atoms with Gasteiger partial charge >= 0.3 is 5.97 Å². The lowest BCUT2D eigenvalue weighted by molar-refractivity contribution is -0.156. The Morgan fingerprint density at radius 3 is 2.21 bits per heavy atom. The van der Waals surface area contributed by atoms with Gasteiger partial charge in [0.2, 0.25) is 0 Å². The molecule has 0 atom stereocenters. The van der Waals surface area contributed by atoms with Crippen LogP contribution in [0.25, 0.3) is 0 Å². The number of hydrogen-bond acceptors (Lipinski definition) is 4. The summed E-state index contributed by atoms with van der Waals surface area (Å²) in [6, 6.07) is 3.19. The molecule has 0 saturated carbocycles. The van der Waals surface area contributed by atoms with Gasteiger partial charge in [0.15, 0.2) is 23.2 Å². The molecule has 0 fully saturated rings. The number of para-hydroxylation sites is 1. The van der Waals surface area contributed by atoms with E-state index >= 15 is 0 Å². The van der Waals surface area contributed by atoms with E-state index in [1.807, 2.05) is 0 Å². The number of ketones is 1. The van der Waals surface area contributed by atoms with E-state index in [0.717, 1.165) is 19.2 Å². The highest BCUT2D eigenvalue weighted by Gasteiger charge is 2.37. The number of rotatable bonds is 5. The van der Waals surface area contributed by atoms with Crippen molar-refractivity contribution in [3.05, 3.63) is 29.8 Å². The fraction of sp³-hybridized carbons (Fsp3) is 0.385. The third-order valence-corrected chi connectivity index (χ3v) is 2.66. The van der Waals surface area contributed by atoms with E-state index in [2.05, 4.69) is 4.74 Å². The number of carbonyl (C=O) groups is 2. The third-order valence-electron chi connectivity index (χ3n) is 2.66. The number of benzene rings is 1. The normalized spacial score (nSPS) is 11.0. The number of Topliss-reactive ketones (excluding diaryl/α,β-unsaturated/α-hetero) is 1. The highest BCUT2D eigenvalue weighted by Crippen LogP contribution is 2.23. The average Bonchev–Trinajstić information content (AvgIpc) is 2.36. The number of hydrogen-bond donors (Lipinski definition) is 0. The topological polar surface area (TPSA) is 52.6 Å². The summed E-state index contributed by atoms with van der Waals surface area (Å²) in [4.78, 5) is 23.2. The zero-order valence-corrected chi connectivity index (χ0v) is 10.8. The largest absolute Gasteiger partial charge is 0.480 e. The minimum atomic E-state index is -1.43. The van der Waals surface area contributed by atoms with Crippen molar-refractivity contribution in [3.8, 4) is 5.75 Å². The Morgan fingerprint density at radius 1 is 1.21 bits per heavy atom. The molecule has 1 aromatic carbocycles. The van der Waals surface area contributed by atoms with Gasteiger partial charge in [-0.25, -0.2) is 8.78 Å². The van der Waals surface area contributed by atoms with Gasteiger partial charge in [-0.15, -0.1) is 0 Å². The lowest BCUT2D eigenvalue weighted by Crippen LogP contribution is -2.37. The highest BCUT2D eigenvalue weighted by molar-refractivity contribution is 6.03. The van der Waals surface area contributed by atoms with E-state index in [1.54, 1.807) is 0 Å². The molecule has 1 rings (SSSR count). The molecule has 0 radical (unpaired) electrons. The maximum Gasteiger partial charge on any atom is 0.318 e. The Kier molecular flexibility index (Phi) is 4.58. The molecule has 0 aliphatic heterocycles. The molecular weight excluding hydrogens is 258 g/mol. The molecule has 1 aromatic rings. The number of carbonyl (C=O) groups excluding carboxylic acids is 2. The van der Waals surface area contributed by atoms with E-state index < -0.39 is 41.2 Å². The van der Waals surface area contributed by atoms with Crippen LogP contribution in [-0.2, 0) is 14.3 Å². The molecule has 0 aromatic heterocycles. The summed E-state index contributed by atoms with van der Waals surface area (Å²) in [5.74, 6) is -3.85. The second-order valence-electron chi connectivity index (χ2n) is 4.38. The zero-order chi connectivity index (χ0) is 14.6. The van der Waals surface area contributed by atoms with Gasteiger partial charge in [0.25, 0.3) is 0 Å². The van der Waals surface area contributed by atoms with Crippen molar-refractivity contribution >= 4 is 11.8 Å². The fourth-order valence-corrected chi connectivity index (χ4v) is 1.31. The van der Waals surface area contributed by atoms with Crippen LogP contribution in [0.3, 0.4) is 0 Å². The maximum atomic E-state index is 13.3. The van der Waals surface area contributed by atoms with E-state index in [-0.39, 0.29) is 0 Å². The van der Waals surface area contributed by atoms with Crippen LogP contribution in [0.5, 0.6) is 5.75 Å². The fourth-order valence-electron chi connectivity index (χ4n) is 1.31. The van der Waals surface area contributed by atoms with E-state index in [4.69, 9.17) is 4.74 Å². The van der Waals surface area contributed by atoms with Gasteiger partial charge in [-0.2, -0.15) is 0 Å². The van der Waals surface area contributed by atoms with Gasteiger partial charge in [-0.1, -0.05) is 6.07 Å². The lowest BCUT2D eigenvalue weighted by atomic mass is 9.88. The predicted molar refractivity (Wildman–Crippen MR) is 62.7 cm³/mol. The quantitative estimate of drug-likeness (QED) is 0.608. The molecule has 0 heterocycles. The Hall–Kier alpha value is -1.98. The number of methoxy groups -OCH3 is 1. The molecule has 6 heteroatoms. The van der Waals surface area contributed by atoms with Gasteiger partial charge in [-0.05, 0) is 26.0 Å². The smallest absolute Gasteiger partial charge is 0.318 e. The van der Waals surface area contributed by atoms with Crippen molar-refractivity contribution in [1.82, 2.24) is 0 Å². The molecule has 19 heavy (non-hydrogen) atoms. The maximum absolute atomic E-state index is 13.3. The van der Waals surface area contributed by atoms with Crippen molar-refractivity contribution in [3.63, 3.8) is 0 Å². The summed E-state index contributed by atoms with van der Waals surface area (Å²) in [6.45, 7) is 2.07. The molecule has 0 aliphatic rings. The summed E-state index contributed by atoms with van der Waals surface area (Å²) in [7, 11) is 1.15. The van der Waals surface area contributed by atoms with E-state index in [0.29, 0.717) is 0 Å². The van der Waals surface area contributed by atoms with Crippen LogP contribution in [0.2, 0.25) is 0 Å². The van der Waals surface area contributed by atoms with E-state index in [1.165, 1.54) is 19.9 Å². The minimum absolute atomic E-state index is 0.625. The van der Waals surface area contributed by atoms with Gasteiger partial charge < -0.3 is 9.47 Å². The first-order chi connectivity index (χ1) is 8.80. The minimum Gasteiger partial charge on any atom is -0.480 e. The monoisotopic (exact) mass is 272 g/mol. The Balaban J connectivity index is 2.77. The van der Waals surface area contributed by atoms with Gasteiger partial charge in [0, 0.05) is 0 Å². The standard InChI is InChI=1S/C13H14F2O4/c1-13(2,12(17)18-3)10(16)7-19-11-8(14)5-4-6-9(11)15/h4-6H,7H2,1-3H3. The molecule has 0 saturated heterocycles. The van der Waals surface area contributed by atoms with Crippen LogP contribution < -0.4 is 4.74 Å². The molecule has 0 aliphatic carbocycles. The second-order valence-corrected chi connectivity index (χ2v) is 4.38. The molecule has 104 valence electrons. The Morgan fingerprint density at radius 2 is 1.74 bits per heavy atom. The number of ether oxygens (including phenoxy) is 2. The van der Waals surface area contributed by atoms with Crippen molar-refractivity contribution in [2.45, 2.75) is 13.8 Å². The third kappa shape index (κ3) is 3.27.